The summed E-state index contributed by atoms with van der Waals surface area (Å²) < 4.78 is 5.65. The van der Waals surface area contributed by atoms with Crippen LogP contribution < -0.4 is 11.1 Å². The molecule has 0 aromatic carbocycles. The van der Waals surface area contributed by atoms with Crippen LogP contribution in [0.25, 0.3) is 0 Å². The number of nitrogens with two attached hydrogens (primary N) is 1. The van der Waals surface area contributed by atoms with Gasteiger partial charge in [0.05, 0.1) is 6.10 Å². The molecule has 2 aliphatic rings. The first kappa shape index (κ1) is 10.1. The lowest BCUT2D eigenvalue weighted by Gasteiger charge is -2.26. The van der Waals surface area contributed by atoms with Gasteiger partial charge in [-0.2, -0.15) is 0 Å². The largest absolute Gasteiger partial charge is 0.377 e. The molecule has 0 saturated carbocycles. The maximum atomic E-state index is 5.77. The Morgan fingerprint density at radius 2 is 2.21 bits per heavy atom. The fourth-order valence-electron chi connectivity index (χ4n) is 2.30. The van der Waals surface area contributed by atoms with Gasteiger partial charge in [0.25, 0.3) is 0 Å². The first-order chi connectivity index (χ1) is 6.90. The lowest BCUT2D eigenvalue weighted by Crippen LogP contribution is -2.48. The van der Waals surface area contributed by atoms with E-state index >= 15 is 0 Å². The molecule has 0 aromatic rings. The van der Waals surface area contributed by atoms with Gasteiger partial charge in [-0.05, 0) is 25.7 Å². The summed E-state index contributed by atoms with van der Waals surface area (Å²) >= 11 is 0. The molecule has 0 spiro atoms. The van der Waals surface area contributed by atoms with Crippen molar-refractivity contribution in [2.24, 2.45) is 5.73 Å². The molecule has 2 rings (SSSR count). The Morgan fingerprint density at radius 3 is 2.79 bits per heavy atom. The molecule has 14 heavy (non-hydrogen) atoms. The second-order valence-corrected chi connectivity index (χ2v) is 4.20. The molecular formula is C11H20N2O. The van der Waals surface area contributed by atoms with Gasteiger partial charge in [0.15, 0.2) is 0 Å². The maximum Gasteiger partial charge on any atom is 0.0741 e. The van der Waals surface area contributed by atoms with Gasteiger partial charge in [0.1, 0.15) is 0 Å². The van der Waals surface area contributed by atoms with Crippen molar-refractivity contribution < 1.29 is 4.74 Å². The zero-order valence-electron chi connectivity index (χ0n) is 8.61. The Morgan fingerprint density at radius 1 is 1.43 bits per heavy atom. The molecule has 1 fully saturated rings. The monoisotopic (exact) mass is 196 g/mol. The minimum Gasteiger partial charge on any atom is -0.377 e. The molecule has 1 heterocycles. The fraction of sp³-hybridized carbons (Fsp3) is 0.818. The van der Waals surface area contributed by atoms with Crippen LogP contribution in [0.4, 0.5) is 0 Å². The van der Waals surface area contributed by atoms with E-state index in [1.165, 1.54) is 6.42 Å². The normalized spacial score (nSPS) is 29.9. The van der Waals surface area contributed by atoms with Crippen LogP contribution >= 0.6 is 0 Å². The summed E-state index contributed by atoms with van der Waals surface area (Å²) in [4.78, 5) is 0. The van der Waals surface area contributed by atoms with E-state index in [1.807, 2.05) is 0 Å². The molecule has 0 bridgehead atoms. The standard InChI is InChI=1S/C11H20N2O/c12-8-10(11-6-3-7-14-11)13-9-4-1-2-5-9/h1-2,9-11,13H,3-8,12H2. The van der Waals surface area contributed by atoms with Crippen molar-refractivity contribution in [3.63, 3.8) is 0 Å². The third-order valence-corrected chi connectivity index (χ3v) is 3.13. The van der Waals surface area contributed by atoms with Crippen LogP contribution in [-0.4, -0.2) is 31.3 Å². The van der Waals surface area contributed by atoms with Gasteiger partial charge in [-0.3, -0.25) is 0 Å². The molecule has 1 aliphatic carbocycles. The first-order valence-electron chi connectivity index (χ1n) is 5.63. The predicted octanol–water partition coefficient (Wildman–Crippen LogP) is 0.801. The van der Waals surface area contributed by atoms with E-state index in [0.717, 1.165) is 25.9 Å². The average Bonchev–Trinajstić information content (AvgIpc) is 2.86. The number of ether oxygens (including phenoxy) is 1. The molecule has 0 radical (unpaired) electrons. The first-order valence-corrected chi connectivity index (χ1v) is 5.63. The van der Waals surface area contributed by atoms with E-state index in [1.54, 1.807) is 0 Å². The summed E-state index contributed by atoms with van der Waals surface area (Å²) in [5.41, 5.74) is 5.77. The molecule has 2 unspecified atom stereocenters. The smallest absolute Gasteiger partial charge is 0.0741 e. The van der Waals surface area contributed by atoms with Crippen LogP contribution in [0.15, 0.2) is 12.2 Å². The van der Waals surface area contributed by atoms with Gasteiger partial charge >= 0.3 is 0 Å². The van der Waals surface area contributed by atoms with Crippen LogP contribution in [0.1, 0.15) is 25.7 Å². The van der Waals surface area contributed by atoms with Crippen molar-refractivity contribution in [1.29, 1.82) is 0 Å². The van der Waals surface area contributed by atoms with Crippen LogP contribution in [0.2, 0.25) is 0 Å². The van der Waals surface area contributed by atoms with Crippen molar-refractivity contribution in [3.05, 3.63) is 12.2 Å². The van der Waals surface area contributed by atoms with Crippen molar-refractivity contribution in [2.75, 3.05) is 13.2 Å². The van der Waals surface area contributed by atoms with E-state index in [-0.39, 0.29) is 0 Å². The van der Waals surface area contributed by atoms with Crippen molar-refractivity contribution in [2.45, 2.75) is 43.9 Å². The van der Waals surface area contributed by atoms with Crippen LogP contribution in [-0.2, 0) is 4.74 Å². The molecule has 1 aliphatic heterocycles. The minimum absolute atomic E-state index is 0.348. The van der Waals surface area contributed by atoms with Crippen molar-refractivity contribution >= 4 is 0 Å². The Balaban J connectivity index is 1.79. The van der Waals surface area contributed by atoms with E-state index in [9.17, 15) is 0 Å². The highest BCUT2D eigenvalue weighted by Crippen LogP contribution is 2.17. The van der Waals surface area contributed by atoms with E-state index in [0.29, 0.717) is 24.7 Å². The number of nitrogens with one attached hydrogen (secondary N) is 1. The highest BCUT2D eigenvalue weighted by atomic mass is 16.5. The Bertz CT molecular complexity index is 191. The van der Waals surface area contributed by atoms with Crippen LogP contribution in [0.5, 0.6) is 0 Å². The number of rotatable bonds is 4. The molecule has 3 nitrogen and oxygen atoms in total. The third kappa shape index (κ3) is 2.35. The second-order valence-electron chi connectivity index (χ2n) is 4.20. The summed E-state index contributed by atoms with van der Waals surface area (Å²) in [7, 11) is 0. The summed E-state index contributed by atoms with van der Waals surface area (Å²) in [5, 5.41) is 3.60. The van der Waals surface area contributed by atoms with Gasteiger partial charge in [0.2, 0.25) is 0 Å². The highest BCUT2D eigenvalue weighted by molar-refractivity contribution is 4.99. The number of hydrogen-bond acceptors (Lipinski definition) is 3. The van der Waals surface area contributed by atoms with Crippen LogP contribution in [0.3, 0.4) is 0 Å². The Hall–Kier alpha value is -0.380. The molecule has 2 atom stereocenters. The average molecular weight is 196 g/mol. The van der Waals surface area contributed by atoms with Gasteiger partial charge < -0.3 is 15.8 Å². The van der Waals surface area contributed by atoms with Gasteiger partial charge in [0, 0.05) is 25.2 Å². The molecule has 3 heteroatoms. The Kier molecular flexibility index (Phi) is 3.56. The zero-order valence-corrected chi connectivity index (χ0v) is 8.61. The van der Waals surface area contributed by atoms with Crippen molar-refractivity contribution in [3.8, 4) is 0 Å². The lowest BCUT2D eigenvalue weighted by molar-refractivity contribution is 0.0771. The van der Waals surface area contributed by atoms with Crippen LogP contribution in [0, 0.1) is 0 Å². The van der Waals surface area contributed by atoms with Gasteiger partial charge in [-0.15, -0.1) is 0 Å². The summed E-state index contributed by atoms with van der Waals surface area (Å²) in [6, 6.07) is 0.940. The Labute approximate surface area is 85.7 Å². The molecule has 0 aromatic heterocycles. The lowest BCUT2D eigenvalue weighted by atomic mass is 10.1. The summed E-state index contributed by atoms with van der Waals surface area (Å²) in [6.07, 6.45) is 9.45. The second kappa shape index (κ2) is 4.91. The fourth-order valence-corrected chi connectivity index (χ4v) is 2.30. The quantitative estimate of drug-likeness (QED) is 0.654. The van der Waals surface area contributed by atoms with E-state index in [4.69, 9.17) is 10.5 Å². The molecule has 0 amide bonds. The van der Waals surface area contributed by atoms with E-state index < -0.39 is 0 Å². The molecule has 80 valence electrons. The molecule has 3 N–H and O–H groups in total. The minimum atomic E-state index is 0.348. The van der Waals surface area contributed by atoms with Gasteiger partial charge in [-0.25, -0.2) is 0 Å². The summed E-state index contributed by atoms with van der Waals surface area (Å²) in [5.74, 6) is 0. The molecule has 1 saturated heterocycles. The van der Waals surface area contributed by atoms with Crippen molar-refractivity contribution in [1.82, 2.24) is 5.32 Å². The zero-order chi connectivity index (χ0) is 9.80. The molecular weight excluding hydrogens is 176 g/mol. The van der Waals surface area contributed by atoms with Gasteiger partial charge in [-0.1, -0.05) is 12.2 Å². The predicted molar refractivity (Wildman–Crippen MR) is 57.1 cm³/mol. The van der Waals surface area contributed by atoms with E-state index in [2.05, 4.69) is 17.5 Å². The SMILES string of the molecule is NCC(NC1CC=CC1)C1CCCO1. The maximum absolute atomic E-state index is 5.77. The number of hydrogen-bond donors (Lipinski definition) is 2. The highest BCUT2D eigenvalue weighted by Gasteiger charge is 2.26. The third-order valence-electron chi connectivity index (χ3n) is 3.13. The summed E-state index contributed by atoms with van der Waals surface area (Å²) in [6.45, 7) is 1.59. The topological polar surface area (TPSA) is 47.3 Å².